The lowest BCUT2D eigenvalue weighted by Crippen LogP contribution is -2.58. The normalized spacial score (nSPS) is 22.5. The lowest BCUT2D eigenvalue weighted by atomic mass is 9.85. The van der Waals surface area contributed by atoms with Crippen molar-refractivity contribution >= 4 is 17.7 Å². The lowest BCUT2D eigenvalue weighted by molar-refractivity contribution is 0.0280. The predicted molar refractivity (Wildman–Crippen MR) is 101 cm³/mol. The SMILES string of the molecule is CSc1ccccc1C(=O)N1CCC2(CC1)CN(C)CCCN2C. The summed E-state index contributed by atoms with van der Waals surface area (Å²) >= 11 is 1.65. The zero-order valence-corrected chi connectivity index (χ0v) is 15.9. The molecule has 2 fully saturated rings. The molecular formula is C19H29N3OS. The average molecular weight is 348 g/mol. The number of carbonyl (C=O) groups excluding carboxylic acids is 1. The molecule has 2 aliphatic heterocycles. The van der Waals surface area contributed by atoms with Gasteiger partial charge in [0.2, 0.25) is 0 Å². The van der Waals surface area contributed by atoms with E-state index >= 15 is 0 Å². The fourth-order valence-corrected chi connectivity index (χ4v) is 4.76. The van der Waals surface area contributed by atoms with Crippen molar-refractivity contribution in [3.8, 4) is 0 Å². The summed E-state index contributed by atoms with van der Waals surface area (Å²) in [6.07, 6.45) is 5.41. The minimum Gasteiger partial charge on any atom is -0.338 e. The standard InChI is InChI=1S/C19H29N3OS/c1-20-11-6-12-21(2)19(15-20)9-13-22(14-10-19)18(23)16-7-4-5-8-17(16)24-3/h4-5,7-8H,6,9-15H2,1-3H3. The molecule has 2 aliphatic rings. The van der Waals surface area contributed by atoms with Gasteiger partial charge in [-0.2, -0.15) is 0 Å². The van der Waals surface area contributed by atoms with Crippen LogP contribution in [0.15, 0.2) is 29.2 Å². The molecule has 0 aliphatic carbocycles. The Labute approximate surface area is 150 Å². The summed E-state index contributed by atoms with van der Waals surface area (Å²) in [7, 11) is 4.49. The van der Waals surface area contributed by atoms with Crippen molar-refractivity contribution in [2.75, 3.05) is 53.1 Å². The minimum absolute atomic E-state index is 0.194. The number of hydrogen-bond acceptors (Lipinski definition) is 4. The molecule has 5 heteroatoms. The number of likely N-dealkylation sites (tertiary alicyclic amines) is 1. The van der Waals surface area contributed by atoms with Crippen molar-refractivity contribution in [3.05, 3.63) is 29.8 Å². The van der Waals surface area contributed by atoms with Crippen molar-refractivity contribution in [2.24, 2.45) is 0 Å². The predicted octanol–water partition coefficient (Wildman–Crippen LogP) is 2.65. The van der Waals surface area contributed by atoms with E-state index in [2.05, 4.69) is 28.8 Å². The monoisotopic (exact) mass is 347 g/mol. The van der Waals surface area contributed by atoms with Gasteiger partial charge >= 0.3 is 0 Å². The molecule has 1 aromatic rings. The van der Waals surface area contributed by atoms with Gasteiger partial charge in [-0.15, -0.1) is 11.8 Å². The van der Waals surface area contributed by atoms with Crippen LogP contribution in [0.4, 0.5) is 0 Å². The molecule has 0 bridgehead atoms. The third-order valence-corrected chi connectivity index (χ3v) is 6.52. The number of amides is 1. The molecule has 1 aromatic carbocycles. The molecule has 0 saturated carbocycles. The van der Waals surface area contributed by atoms with Crippen LogP contribution in [-0.2, 0) is 0 Å². The molecule has 4 nitrogen and oxygen atoms in total. The summed E-state index contributed by atoms with van der Waals surface area (Å²) in [5, 5.41) is 0. The van der Waals surface area contributed by atoms with Gasteiger partial charge in [0.15, 0.2) is 0 Å². The Kier molecular flexibility index (Phi) is 5.52. The Hall–Kier alpha value is -1.04. The largest absolute Gasteiger partial charge is 0.338 e. The Morgan fingerprint density at radius 2 is 1.79 bits per heavy atom. The van der Waals surface area contributed by atoms with E-state index in [-0.39, 0.29) is 11.4 Å². The summed E-state index contributed by atoms with van der Waals surface area (Å²) in [5.41, 5.74) is 1.09. The van der Waals surface area contributed by atoms with Crippen LogP contribution in [0.2, 0.25) is 0 Å². The number of rotatable bonds is 2. The first kappa shape index (κ1) is 17.8. The summed E-state index contributed by atoms with van der Waals surface area (Å²) in [5.74, 6) is 0.194. The molecular weight excluding hydrogens is 318 g/mol. The van der Waals surface area contributed by atoms with Crippen LogP contribution in [0.25, 0.3) is 0 Å². The molecule has 3 rings (SSSR count). The number of carbonyl (C=O) groups is 1. The second-order valence-electron chi connectivity index (χ2n) is 7.23. The molecule has 2 heterocycles. The van der Waals surface area contributed by atoms with E-state index in [1.165, 1.54) is 13.0 Å². The molecule has 0 aromatic heterocycles. The molecule has 0 radical (unpaired) electrons. The highest BCUT2D eigenvalue weighted by molar-refractivity contribution is 7.98. The summed E-state index contributed by atoms with van der Waals surface area (Å²) in [4.78, 5) is 21.1. The first-order valence-electron chi connectivity index (χ1n) is 8.88. The summed E-state index contributed by atoms with van der Waals surface area (Å²) in [6, 6.07) is 7.97. The highest BCUT2D eigenvalue weighted by atomic mass is 32.2. The quantitative estimate of drug-likeness (QED) is 0.769. The summed E-state index contributed by atoms with van der Waals surface area (Å²) in [6.45, 7) is 5.18. The van der Waals surface area contributed by atoms with Gasteiger partial charge in [0.25, 0.3) is 5.91 Å². The Morgan fingerprint density at radius 1 is 1.08 bits per heavy atom. The Balaban J connectivity index is 1.71. The third kappa shape index (κ3) is 3.48. The fourth-order valence-electron chi connectivity index (χ4n) is 4.17. The Morgan fingerprint density at radius 3 is 2.50 bits per heavy atom. The van der Waals surface area contributed by atoms with Crippen LogP contribution in [0.3, 0.4) is 0 Å². The van der Waals surface area contributed by atoms with Crippen LogP contribution < -0.4 is 0 Å². The van der Waals surface area contributed by atoms with Crippen LogP contribution in [0, 0.1) is 0 Å². The van der Waals surface area contributed by atoms with E-state index in [4.69, 9.17) is 0 Å². The molecule has 1 spiro atoms. The van der Waals surface area contributed by atoms with E-state index in [1.54, 1.807) is 11.8 Å². The van der Waals surface area contributed by atoms with Gasteiger partial charge in [0.1, 0.15) is 0 Å². The van der Waals surface area contributed by atoms with E-state index in [9.17, 15) is 4.79 Å². The van der Waals surface area contributed by atoms with Crippen LogP contribution in [-0.4, -0.2) is 79.2 Å². The molecule has 132 valence electrons. The first-order valence-corrected chi connectivity index (χ1v) is 10.1. The number of piperidine rings is 1. The van der Waals surface area contributed by atoms with Crippen molar-refractivity contribution in [1.29, 1.82) is 0 Å². The average Bonchev–Trinajstić information content (AvgIpc) is 2.74. The summed E-state index contributed by atoms with van der Waals surface area (Å²) < 4.78 is 0. The van der Waals surface area contributed by atoms with Crippen molar-refractivity contribution in [1.82, 2.24) is 14.7 Å². The van der Waals surface area contributed by atoms with Crippen LogP contribution in [0.1, 0.15) is 29.6 Å². The third-order valence-electron chi connectivity index (χ3n) is 5.73. The maximum absolute atomic E-state index is 13.0. The number of nitrogens with zero attached hydrogens (tertiary/aromatic N) is 3. The highest BCUT2D eigenvalue weighted by Gasteiger charge is 2.41. The van der Waals surface area contributed by atoms with Crippen molar-refractivity contribution < 1.29 is 4.79 Å². The highest BCUT2D eigenvalue weighted by Crippen LogP contribution is 2.32. The smallest absolute Gasteiger partial charge is 0.254 e. The fraction of sp³-hybridized carbons (Fsp3) is 0.632. The second-order valence-corrected chi connectivity index (χ2v) is 8.08. The van der Waals surface area contributed by atoms with E-state index in [1.807, 2.05) is 30.5 Å². The van der Waals surface area contributed by atoms with Crippen molar-refractivity contribution in [2.45, 2.75) is 29.7 Å². The molecule has 2 saturated heterocycles. The van der Waals surface area contributed by atoms with Gasteiger partial charge < -0.3 is 9.80 Å². The zero-order valence-electron chi connectivity index (χ0n) is 15.1. The lowest BCUT2D eigenvalue weighted by Gasteiger charge is -2.47. The van der Waals surface area contributed by atoms with Crippen molar-refractivity contribution in [3.63, 3.8) is 0 Å². The molecule has 1 amide bonds. The topological polar surface area (TPSA) is 26.8 Å². The van der Waals surface area contributed by atoms with Crippen LogP contribution >= 0.6 is 11.8 Å². The van der Waals surface area contributed by atoms with E-state index < -0.39 is 0 Å². The maximum atomic E-state index is 13.0. The Bertz CT molecular complexity index is 584. The van der Waals surface area contributed by atoms with E-state index in [0.717, 1.165) is 49.5 Å². The number of hydrogen-bond donors (Lipinski definition) is 0. The number of likely N-dealkylation sites (N-methyl/N-ethyl adjacent to an activating group) is 2. The molecule has 0 unspecified atom stereocenters. The number of benzene rings is 1. The van der Waals surface area contributed by atoms with E-state index in [0.29, 0.717) is 0 Å². The second kappa shape index (κ2) is 7.46. The molecule has 24 heavy (non-hydrogen) atoms. The maximum Gasteiger partial charge on any atom is 0.254 e. The van der Waals surface area contributed by atoms with Gasteiger partial charge in [-0.25, -0.2) is 0 Å². The van der Waals surface area contributed by atoms with Gasteiger partial charge in [0, 0.05) is 30.1 Å². The number of thioether (sulfide) groups is 1. The zero-order chi connectivity index (χ0) is 17.2. The van der Waals surface area contributed by atoms with Gasteiger partial charge in [0.05, 0.1) is 5.56 Å². The van der Waals surface area contributed by atoms with Crippen LogP contribution in [0.5, 0.6) is 0 Å². The van der Waals surface area contributed by atoms with Gasteiger partial charge in [-0.3, -0.25) is 9.69 Å². The molecule has 0 N–H and O–H groups in total. The minimum atomic E-state index is 0.194. The van der Waals surface area contributed by atoms with Gasteiger partial charge in [-0.05, 0) is 64.8 Å². The molecule has 0 atom stereocenters. The first-order chi connectivity index (χ1) is 11.6. The van der Waals surface area contributed by atoms with Gasteiger partial charge in [-0.1, -0.05) is 12.1 Å².